The highest BCUT2D eigenvalue weighted by atomic mass is 32.2. The second kappa shape index (κ2) is 8.05. The zero-order valence-electron chi connectivity index (χ0n) is 14.2. The van der Waals surface area contributed by atoms with Crippen molar-refractivity contribution in [3.8, 4) is 0 Å². The third kappa shape index (κ3) is 4.23. The molecule has 6 nitrogen and oxygen atoms in total. The highest BCUT2D eigenvalue weighted by molar-refractivity contribution is 8.01. The molecule has 7 heteroatoms. The lowest BCUT2D eigenvalue weighted by Crippen LogP contribution is -2.34. The normalized spacial score (nSPS) is 15.6. The number of anilines is 2. The van der Waals surface area contributed by atoms with Crippen molar-refractivity contribution in [2.75, 3.05) is 23.9 Å². The third-order valence-electron chi connectivity index (χ3n) is 3.93. The van der Waals surface area contributed by atoms with Crippen LogP contribution in [0.3, 0.4) is 0 Å². The van der Waals surface area contributed by atoms with Crippen LogP contribution in [0.15, 0.2) is 59.5 Å². The highest BCUT2D eigenvalue weighted by Gasteiger charge is 2.29. The van der Waals surface area contributed by atoms with Crippen molar-refractivity contribution in [2.45, 2.75) is 16.6 Å². The molecule has 1 N–H and O–H groups in total. The molecule has 0 saturated heterocycles. The van der Waals surface area contributed by atoms with Gasteiger partial charge in [-0.05, 0) is 24.3 Å². The van der Waals surface area contributed by atoms with Crippen LogP contribution in [0.2, 0.25) is 0 Å². The Morgan fingerprint density at radius 1 is 1.12 bits per heavy atom. The van der Waals surface area contributed by atoms with Crippen LogP contribution < -0.4 is 10.2 Å². The van der Waals surface area contributed by atoms with E-state index in [0.29, 0.717) is 5.69 Å². The van der Waals surface area contributed by atoms with Gasteiger partial charge in [0.2, 0.25) is 5.91 Å². The Bertz CT molecular complexity index is 825. The van der Waals surface area contributed by atoms with Crippen molar-refractivity contribution in [1.29, 1.82) is 0 Å². The standard InChI is InChI=1S/C19H18N2O4S/c1-21(13-7-3-2-4-8-13)17(22)12-25-18(23)11-16-19(24)20-14-9-5-6-10-15(14)26-16/h2-10,16H,11-12H2,1H3,(H,20,24)/t16-/m1/s1. The van der Waals surface area contributed by atoms with E-state index in [1.54, 1.807) is 19.2 Å². The van der Waals surface area contributed by atoms with Gasteiger partial charge in [-0.25, -0.2) is 0 Å². The lowest BCUT2D eigenvalue weighted by Gasteiger charge is -2.23. The van der Waals surface area contributed by atoms with E-state index in [-0.39, 0.29) is 24.8 Å². The number of carbonyl (C=O) groups excluding carboxylic acids is 3. The van der Waals surface area contributed by atoms with E-state index >= 15 is 0 Å². The number of para-hydroxylation sites is 2. The van der Waals surface area contributed by atoms with Crippen molar-refractivity contribution >= 4 is 40.9 Å². The fourth-order valence-electron chi connectivity index (χ4n) is 2.47. The highest BCUT2D eigenvalue weighted by Crippen LogP contribution is 2.36. The van der Waals surface area contributed by atoms with Crippen molar-refractivity contribution < 1.29 is 19.1 Å². The Balaban J connectivity index is 1.51. The summed E-state index contributed by atoms with van der Waals surface area (Å²) in [5.74, 6) is -1.15. The van der Waals surface area contributed by atoms with Crippen LogP contribution in [0.5, 0.6) is 0 Å². The van der Waals surface area contributed by atoms with Gasteiger partial charge in [-0.2, -0.15) is 0 Å². The van der Waals surface area contributed by atoms with Gasteiger partial charge in [0.1, 0.15) is 0 Å². The van der Waals surface area contributed by atoms with Gasteiger partial charge in [-0.1, -0.05) is 30.3 Å². The molecule has 26 heavy (non-hydrogen) atoms. The van der Waals surface area contributed by atoms with Crippen LogP contribution in [-0.2, 0) is 19.1 Å². The van der Waals surface area contributed by atoms with E-state index in [0.717, 1.165) is 10.6 Å². The number of esters is 1. The summed E-state index contributed by atoms with van der Waals surface area (Å²) < 4.78 is 5.06. The second-order valence-electron chi connectivity index (χ2n) is 5.75. The molecule has 0 saturated carbocycles. The van der Waals surface area contributed by atoms with E-state index in [1.165, 1.54) is 16.7 Å². The fourth-order valence-corrected chi connectivity index (χ4v) is 3.57. The topological polar surface area (TPSA) is 75.7 Å². The summed E-state index contributed by atoms with van der Waals surface area (Å²) in [6.45, 7) is -0.361. The van der Waals surface area contributed by atoms with E-state index < -0.39 is 11.2 Å². The fraction of sp³-hybridized carbons (Fsp3) is 0.211. The molecule has 0 aromatic heterocycles. The summed E-state index contributed by atoms with van der Waals surface area (Å²) in [6.07, 6.45) is -0.0901. The summed E-state index contributed by atoms with van der Waals surface area (Å²) in [4.78, 5) is 38.6. The number of fused-ring (bicyclic) bond motifs is 1. The molecule has 0 aliphatic carbocycles. The lowest BCUT2D eigenvalue weighted by molar-refractivity contribution is -0.148. The molecule has 1 aliphatic heterocycles. The van der Waals surface area contributed by atoms with Gasteiger partial charge in [-0.3, -0.25) is 14.4 Å². The van der Waals surface area contributed by atoms with Gasteiger partial charge in [-0.15, -0.1) is 11.8 Å². The average Bonchev–Trinajstić information content (AvgIpc) is 2.66. The van der Waals surface area contributed by atoms with Crippen LogP contribution in [0.25, 0.3) is 0 Å². The van der Waals surface area contributed by atoms with E-state index in [1.807, 2.05) is 42.5 Å². The maximum Gasteiger partial charge on any atom is 0.307 e. The number of amides is 2. The van der Waals surface area contributed by atoms with E-state index in [4.69, 9.17) is 4.74 Å². The van der Waals surface area contributed by atoms with Crippen LogP contribution in [0, 0.1) is 0 Å². The first-order chi connectivity index (χ1) is 12.5. The van der Waals surface area contributed by atoms with Gasteiger partial charge in [0.05, 0.1) is 17.4 Å². The molecule has 0 spiro atoms. The monoisotopic (exact) mass is 370 g/mol. The lowest BCUT2D eigenvalue weighted by atomic mass is 10.2. The average molecular weight is 370 g/mol. The van der Waals surface area contributed by atoms with Gasteiger partial charge in [0.15, 0.2) is 6.61 Å². The minimum atomic E-state index is -0.577. The number of hydrogen-bond acceptors (Lipinski definition) is 5. The van der Waals surface area contributed by atoms with Gasteiger partial charge < -0.3 is 15.0 Å². The first-order valence-electron chi connectivity index (χ1n) is 8.08. The molecule has 1 heterocycles. The molecule has 1 aliphatic rings. The van der Waals surface area contributed by atoms with Crippen LogP contribution in [0.4, 0.5) is 11.4 Å². The van der Waals surface area contributed by atoms with Gasteiger partial charge in [0, 0.05) is 17.6 Å². The number of rotatable bonds is 5. The second-order valence-corrected chi connectivity index (χ2v) is 6.99. The summed E-state index contributed by atoms with van der Waals surface area (Å²) >= 11 is 1.32. The zero-order chi connectivity index (χ0) is 18.5. The van der Waals surface area contributed by atoms with Crippen molar-refractivity contribution in [3.05, 3.63) is 54.6 Å². The maximum absolute atomic E-state index is 12.1. The molecular weight excluding hydrogens is 352 g/mol. The number of thioether (sulfide) groups is 1. The first-order valence-corrected chi connectivity index (χ1v) is 8.96. The number of likely N-dealkylation sites (N-methyl/N-ethyl adjacent to an activating group) is 1. The summed E-state index contributed by atoms with van der Waals surface area (Å²) in [5, 5.41) is 2.21. The molecule has 0 bridgehead atoms. The molecule has 2 aromatic carbocycles. The first kappa shape index (κ1) is 18.0. The van der Waals surface area contributed by atoms with Crippen molar-refractivity contribution in [3.63, 3.8) is 0 Å². The molecule has 0 radical (unpaired) electrons. The minimum absolute atomic E-state index is 0.0901. The smallest absolute Gasteiger partial charge is 0.307 e. The molecular formula is C19H18N2O4S. The summed E-state index contributed by atoms with van der Waals surface area (Å²) in [5.41, 5.74) is 1.46. The molecule has 3 rings (SSSR count). The van der Waals surface area contributed by atoms with Crippen molar-refractivity contribution in [2.24, 2.45) is 0 Å². The van der Waals surface area contributed by atoms with Crippen LogP contribution in [-0.4, -0.2) is 36.7 Å². The Labute approximate surface area is 155 Å². The summed E-state index contributed by atoms with van der Waals surface area (Å²) in [7, 11) is 1.62. The predicted octanol–water partition coefficient (Wildman–Crippen LogP) is 2.70. The molecule has 1 atom stereocenters. The maximum atomic E-state index is 12.1. The molecule has 134 valence electrons. The SMILES string of the molecule is CN(C(=O)COC(=O)C[C@H]1Sc2ccccc2NC1=O)c1ccccc1. The summed E-state index contributed by atoms with van der Waals surface area (Å²) in [6, 6.07) is 16.5. The number of nitrogens with zero attached hydrogens (tertiary/aromatic N) is 1. The number of hydrogen-bond donors (Lipinski definition) is 1. The molecule has 2 amide bonds. The van der Waals surface area contributed by atoms with E-state index in [9.17, 15) is 14.4 Å². The zero-order valence-corrected chi connectivity index (χ0v) is 15.0. The largest absolute Gasteiger partial charge is 0.456 e. The molecule has 2 aromatic rings. The van der Waals surface area contributed by atoms with Gasteiger partial charge in [0.25, 0.3) is 5.91 Å². The molecule has 0 unspecified atom stereocenters. The van der Waals surface area contributed by atoms with E-state index in [2.05, 4.69) is 5.32 Å². The number of carbonyl (C=O) groups is 3. The molecule has 0 fully saturated rings. The third-order valence-corrected chi connectivity index (χ3v) is 5.21. The van der Waals surface area contributed by atoms with Crippen LogP contribution in [0.1, 0.15) is 6.42 Å². The number of benzene rings is 2. The van der Waals surface area contributed by atoms with Gasteiger partial charge >= 0.3 is 5.97 Å². The predicted molar refractivity (Wildman–Crippen MR) is 100 cm³/mol. The Morgan fingerprint density at radius 2 is 1.81 bits per heavy atom. The van der Waals surface area contributed by atoms with Crippen molar-refractivity contribution in [1.82, 2.24) is 0 Å². The Kier molecular flexibility index (Phi) is 5.58. The minimum Gasteiger partial charge on any atom is -0.456 e. The quantitative estimate of drug-likeness (QED) is 0.819. The number of ether oxygens (including phenoxy) is 1. The van der Waals surface area contributed by atoms with Crippen LogP contribution >= 0.6 is 11.8 Å². The Morgan fingerprint density at radius 3 is 2.58 bits per heavy atom. The number of nitrogens with one attached hydrogen (secondary N) is 1. The Hall–Kier alpha value is -2.80.